The number of aryl methyl sites for hydroxylation is 1. The number of nitrogens with zero attached hydrogens (tertiary/aromatic N) is 1. The quantitative estimate of drug-likeness (QED) is 0.833. The fourth-order valence-electron chi connectivity index (χ4n) is 1.42. The van der Waals surface area contributed by atoms with Gasteiger partial charge in [-0.25, -0.2) is 4.98 Å². The molecular weight excluding hydrogens is 232 g/mol. The molecule has 2 rings (SSSR count). The molecule has 0 aromatic heterocycles. The fourth-order valence-corrected chi connectivity index (χ4v) is 2.13. The first-order valence-corrected chi connectivity index (χ1v) is 4.69. The largest absolute Gasteiger partial charge is 0.480 e. The van der Waals surface area contributed by atoms with Gasteiger partial charge in [0.15, 0.2) is 0 Å². The van der Waals surface area contributed by atoms with Gasteiger partial charge in [-0.3, -0.25) is 0 Å². The number of nitrogens with one attached hydrogen (secondary N) is 1. The third kappa shape index (κ3) is 1.21. The second-order valence-electron chi connectivity index (χ2n) is 2.84. The van der Waals surface area contributed by atoms with Crippen LogP contribution in [0.3, 0.4) is 0 Å². The average Bonchev–Trinajstić information content (AvgIpc) is 2.43. The molecule has 0 bridgehead atoms. The summed E-state index contributed by atoms with van der Waals surface area (Å²) in [4.78, 5) is 7.19. The molecule has 1 aliphatic carbocycles. The topological polar surface area (TPSA) is 37.9 Å². The highest BCUT2D eigenvalue weighted by molar-refractivity contribution is 9.10. The molecule has 4 heteroatoms. The number of halogens is 1. The van der Waals surface area contributed by atoms with Crippen LogP contribution in [0.4, 0.5) is 0 Å². The molecule has 0 spiro atoms. The van der Waals surface area contributed by atoms with Crippen LogP contribution in [-0.2, 0) is 0 Å². The number of hydrogen-bond donors (Lipinski definition) is 1. The lowest BCUT2D eigenvalue weighted by Crippen LogP contribution is -1.93. The number of aromatic amines is 1. The van der Waals surface area contributed by atoms with Gasteiger partial charge in [0.25, 0.3) is 0 Å². The Bertz CT molecular complexity index is 411. The summed E-state index contributed by atoms with van der Waals surface area (Å²) in [5, 5.41) is 0. The number of hydrogen-bond acceptors (Lipinski definition) is 2. The second kappa shape index (κ2) is 3.03. The van der Waals surface area contributed by atoms with Crippen LogP contribution in [0.2, 0.25) is 0 Å². The molecule has 0 aromatic rings. The van der Waals surface area contributed by atoms with Gasteiger partial charge in [-0.15, -0.1) is 0 Å². The third-order valence-corrected chi connectivity index (χ3v) is 2.65. The summed E-state index contributed by atoms with van der Waals surface area (Å²) < 4.78 is 6.18. The zero-order valence-electron chi connectivity index (χ0n) is 7.39. The summed E-state index contributed by atoms with van der Waals surface area (Å²) >= 11 is 3.47. The van der Waals surface area contributed by atoms with Crippen LogP contribution < -0.4 is 4.74 Å². The Morgan fingerprint density at radius 3 is 3.00 bits per heavy atom. The lowest BCUT2D eigenvalue weighted by Gasteiger charge is -2.06. The molecule has 1 N–H and O–H groups in total. The number of H-pyrrole nitrogens is 1. The highest BCUT2D eigenvalue weighted by Gasteiger charge is 2.17. The molecule has 2 aliphatic rings. The van der Waals surface area contributed by atoms with Crippen molar-refractivity contribution in [1.82, 2.24) is 9.97 Å². The molecule has 0 amide bonds. The minimum atomic E-state index is 0.647. The zero-order chi connectivity index (χ0) is 9.42. The Hall–Kier alpha value is -1.03. The van der Waals surface area contributed by atoms with E-state index in [1.807, 2.05) is 13.0 Å². The smallest absolute Gasteiger partial charge is 0.225 e. The summed E-state index contributed by atoms with van der Waals surface area (Å²) in [5.74, 6) is 0.647. The Kier molecular flexibility index (Phi) is 2.00. The van der Waals surface area contributed by atoms with Crippen LogP contribution in [0.1, 0.15) is 5.56 Å². The minimum absolute atomic E-state index is 0.647. The van der Waals surface area contributed by atoms with Crippen molar-refractivity contribution in [2.75, 3.05) is 7.11 Å². The Morgan fingerprint density at radius 2 is 2.31 bits per heavy atom. The predicted octanol–water partition coefficient (Wildman–Crippen LogP) is 2.59. The molecule has 0 atom stereocenters. The molecule has 0 fully saturated rings. The normalized spacial score (nSPS) is 10.7. The van der Waals surface area contributed by atoms with E-state index in [1.165, 1.54) is 5.56 Å². The number of rotatable bonds is 1. The van der Waals surface area contributed by atoms with Crippen molar-refractivity contribution in [2.45, 2.75) is 6.92 Å². The monoisotopic (exact) mass is 240 g/mol. The van der Waals surface area contributed by atoms with E-state index in [4.69, 9.17) is 4.74 Å². The maximum Gasteiger partial charge on any atom is 0.225 e. The first-order chi connectivity index (χ1) is 6.24. The van der Waals surface area contributed by atoms with Gasteiger partial charge in [-0.05, 0) is 34.5 Å². The highest BCUT2D eigenvalue weighted by Crippen LogP contribution is 2.39. The van der Waals surface area contributed by atoms with E-state index in [-0.39, 0.29) is 0 Å². The molecule has 0 saturated carbocycles. The molecule has 3 nitrogen and oxygen atoms in total. The number of aromatic nitrogens is 2. The molecule has 68 valence electrons. The standard InChI is InChI=1S/C9H9BrN2O/c1-5-3-6(10)7-8(5)11-4-12-9(7)13-2/h3-4H,1-2H3,(H,11,12). The van der Waals surface area contributed by atoms with Gasteiger partial charge >= 0.3 is 0 Å². The number of methoxy groups -OCH3 is 1. The van der Waals surface area contributed by atoms with E-state index in [1.54, 1.807) is 13.4 Å². The number of fused-ring (bicyclic) bond motifs is 1. The van der Waals surface area contributed by atoms with Gasteiger partial charge in [0, 0.05) is 4.47 Å². The second-order valence-corrected chi connectivity index (χ2v) is 3.69. The summed E-state index contributed by atoms with van der Waals surface area (Å²) in [6.07, 6.45) is 1.64. The molecule has 0 aromatic carbocycles. The maximum absolute atomic E-state index is 5.16. The third-order valence-electron chi connectivity index (χ3n) is 2.02. The van der Waals surface area contributed by atoms with Crippen molar-refractivity contribution in [3.05, 3.63) is 22.4 Å². The summed E-state index contributed by atoms with van der Waals surface area (Å²) in [7, 11) is 1.62. The fraction of sp³-hybridized carbons (Fsp3) is 0.222. The van der Waals surface area contributed by atoms with Gasteiger partial charge < -0.3 is 9.72 Å². The average molecular weight is 241 g/mol. The summed E-state index contributed by atoms with van der Waals surface area (Å²) in [5.41, 5.74) is 3.25. The van der Waals surface area contributed by atoms with E-state index in [2.05, 4.69) is 25.9 Å². The zero-order valence-corrected chi connectivity index (χ0v) is 8.97. The Labute approximate surface area is 84.6 Å². The van der Waals surface area contributed by atoms with E-state index in [0.717, 1.165) is 15.7 Å². The van der Waals surface area contributed by atoms with Gasteiger partial charge in [-0.2, -0.15) is 0 Å². The van der Waals surface area contributed by atoms with Crippen molar-refractivity contribution >= 4 is 15.9 Å². The van der Waals surface area contributed by atoms with E-state index < -0.39 is 0 Å². The first kappa shape index (κ1) is 8.56. The maximum atomic E-state index is 5.16. The number of ether oxygens (including phenoxy) is 1. The van der Waals surface area contributed by atoms with Crippen LogP contribution in [0.5, 0.6) is 5.88 Å². The van der Waals surface area contributed by atoms with Gasteiger partial charge in [0.05, 0.1) is 24.7 Å². The van der Waals surface area contributed by atoms with Crippen molar-refractivity contribution in [1.29, 1.82) is 0 Å². The van der Waals surface area contributed by atoms with Gasteiger partial charge in [0.2, 0.25) is 5.88 Å². The van der Waals surface area contributed by atoms with Crippen molar-refractivity contribution in [3.8, 4) is 17.1 Å². The SMILES string of the molecule is COc1nc[nH]c2c(C)cc(Br)c1-2. The van der Waals surface area contributed by atoms with Crippen LogP contribution in [0.25, 0.3) is 11.3 Å². The van der Waals surface area contributed by atoms with Gasteiger partial charge in [0.1, 0.15) is 0 Å². The Balaban J connectivity index is 2.76. The molecule has 0 radical (unpaired) electrons. The lowest BCUT2D eigenvalue weighted by atomic mass is 10.2. The molecule has 13 heavy (non-hydrogen) atoms. The molecule has 1 heterocycles. The van der Waals surface area contributed by atoms with E-state index >= 15 is 0 Å². The van der Waals surface area contributed by atoms with Crippen LogP contribution in [0, 0.1) is 6.92 Å². The minimum Gasteiger partial charge on any atom is -0.480 e. The van der Waals surface area contributed by atoms with Crippen molar-refractivity contribution in [3.63, 3.8) is 0 Å². The van der Waals surface area contributed by atoms with E-state index in [0.29, 0.717) is 5.88 Å². The molecule has 0 unspecified atom stereocenters. The van der Waals surface area contributed by atoms with Crippen molar-refractivity contribution < 1.29 is 4.74 Å². The van der Waals surface area contributed by atoms with Crippen molar-refractivity contribution in [2.24, 2.45) is 0 Å². The predicted molar refractivity (Wildman–Crippen MR) is 54.2 cm³/mol. The lowest BCUT2D eigenvalue weighted by molar-refractivity contribution is 0.398. The summed E-state index contributed by atoms with van der Waals surface area (Å²) in [6, 6.07) is 2.05. The van der Waals surface area contributed by atoms with Gasteiger partial charge in [-0.1, -0.05) is 0 Å². The molecule has 1 aliphatic heterocycles. The van der Waals surface area contributed by atoms with Crippen LogP contribution in [-0.4, -0.2) is 17.1 Å². The highest BCUT2D eigenvalue weighted by atomic mass is 79.9. The van der Waals surface area contributed by atoms with Crippen LogP contribution in [0.15, 0.2) is 16.9 Å². The Morgan fingerprint density at radius 1 is 1.54 bits per heavy atom. The summed E-state index contributed by atoms with van der Waals surface area (Å²) in [6.45, 7) is 2.04. The molecule has 0 saturated heterocycles. The first-order valence-electron chi connectivity index (χ1n) is 3.90. The van der Waals surface area contributed by atoms with E-state index in [9.17, 15) is 0 Å². The molecular formula is C9H9BrN2O. The van der Waals surface area contributed by atoms with Crippen LogP contribution >= 0.6 is 15.9 Å².